The zero-order valence-corrected chi connectivity index (χ0v) is 14.6. The van der Waals surface area contributed by atoms with Gasteiger partial charge in [-0.15, -0.1) is 0 Å². The average Bonchev–Trinajstić information content (AvgIpc) is 3.25. The van der Waals surface area contributed by atoms with Crippen molar-refractivity contribution in [3.8, 4) is 11.5 Å². The number of esters is 1. The Hall–Kier alpha value is -3.08. The maximum atomic E-state index is 11.9. The summed E-state index contributed by atoms with van der Waals surface area (Å²) < 4.78 is 15.9. The number of hydrogen-bond donors (Lipinski definition) is 0. The van der Waals surface area contributed by atoms with Crippen molar-refractivity contribution in [2.45, 2.75) is 25.2 Å². The summed E-state index contributed by atoms with van der Waals surface area (Å²) in [7, 11) is 1.28. The topological polar surface area (TPSA) is 61.8 Å². The number of hydrogen-bond acceptors (Lipinski definition) is 5. The van der Waals surface area contributed by atoms with Crippen molar-refractivity contribution in [3.05, 3.63) is 59.7 Å². The second-order valence-electron chi connectivity index (χ2n) is 6.55. The molecule has 2 aliphatic rings. The lowest BCUT2D eigenvalue weighted by Crippen LogP contribution is -2.13. The first-order chi connectivity index (χ1) is 12.5. The van der Waals surface area contributed by atoms with Gasteiger partial charge >= 0.3 is 12.1 Å². The van der Waals surface area contributed by atoms with Crippen LogP contribution < -0.4 is 9.47 Å². The maximum Gasteiger partial charge on any atom is 0.513 e. The molecule has 2 aliphatic carbocycles. The minimum atomic E-state index is -0.766. The smallest absolute Gasteiger partial charge is 0.437 e. The molecule has 2 aromatic rings. The molecule has 0 heterocycles. The van der Waals surface area contributed by atoms with E-state index >= 15 is 0 Å². The molecule has 132 valence electrons. The van der Waals surface area contributed by atoms with Crippen molar-refractivity contribution < 1.29 is 23.8 Å². The minimum Gasteiger partial charge on any atom is -0.437 e. The highest BCUT2D eigenvalue weighted by molar-refractivity contribution is 6.00. The number of allylic oxidation sites excluding steroid dienone is 2. The van der Waals surface area contributed by atoms with E-state index < -0.39 is 12.1 Å². The van der Waals surface area contributed by atoms with Crippen molar-refractivity contribution >= 4 is 22.9 Å². The fraction of sp³-hybridized carbons (Fsp3) is 0.238. The highest BCUT2D eigenvalue weighted by Gasteiger charge is 2.40. The molecule has 0 amide bonds. The minimum absolute atomic E-state index is 0.126. The Labute approximate surface area is 150 Å². The van der Waals surface area contributed by atoms with Gasteiger partial charge in [0.2, 0.25) is 0 Å². The van der Waals surface area contributed by atoms with Crippen molar-refractivity contribution in [1.29, 1.82) is 0 Å². The molecule has 2 aromatic carbocycles. The van der Waals surface area contributed by atoms with Gasteiger partial charge in [0.25, 0.3) is 0 Å². The second-order valence-corrected chi connectivity index (χ2v) is 6.55. The van der Waals surface area contributed by atoms with Gasteiger partial charge in [-0.2, -0.15) is 0 Å². The van der Waals surface area contributed by atoms with Crippen LogP contribution in [0.25, 0.3) is 10.8 Å². The number of rotatable bonds is 3. The molecule has 4 rings (SSSR count). The Bertz CT molecular complexity index is 986. The normalized spacial score (nSPS) is 19.3. The Morgan fingerprint density at radius 1 is 1.08 bits per heavy atom. The highest BCUT2D eigenvalue weighted by atomic mass is 16.7. The van der Waals surface area contributed by atoms with E-state index in [4.69, 9.17) is 14.2 Å². The summed E-state index contributed by atoms with van der Waals surface area (Å²) in [5.41, 5.74) is 2.81. The van der Waals surface area contributed by atoms with Crippen LogP contribution in [-0.2, 0) is 9.53 Å². The summed E-state index contributed by atoms with van der Waals surface area (Å²) in [5, 5.41) is 1.45. The van der Waals surface area contributed by atoms with E-state index in [0.29, 0.717) is 11.5 Å². The lowest BCUT2D eigenvalue weighted by atomic mass is 9.90. The van der Waals surface area contributed by atoms with Crippen LogP contribution in [0.2, 0.25) is 0 Å². The first kappa shape index (κ1) is 16.4. The van der Waals surface area contributed by atoms with Gasteiger partial charge in [-0.05, 0) is 19.4 Å². The number of benzene rings is 2. The SMILES string of the molecule is C=CC(=O)Oc1c2c(c(OC(=O)OC)c3cc(C)ccc13)C1C=CC2C1. The van der Waals surface area contributed by atoms with Gasteiger partial charge in [0.05, 0.1) is 7.11 Å². The Balaban J connectivity index is 2.05. The van der Waals surface area contributed by atoms with E-state index in [-0.39, 0.29) is 11.8 Å². The number of carbonyl (C=O) groups excluding carboxylic acids is 2. The van der Waals surface area contributed by atoms with Crippen LogP contribution in [-0.4, -0.2) is 19.2 Å². The van der Waals surface area contributed by atoms with Crippen molar-refractivity contribution in [1.82, 2.24) is 0 Å². The van der Waals surface area contributed by atoms with Crippen LogP contribution in [0.4, 0.5) is 4.79 Å². The van der Waals surface area contributed by atoms with E-state index in [0.717, 1.165) is 40.0 Å². The zero-order valence-electron chi connectivity index (χ0n) is 14.6. The number of aryl methyl sites for hydroxylation is 1. The summed E-state index contributed by atoms with van der Waals surface area (Å²) in [4.78, 5) is 23.8. The van der Waals surface area contributed by atoms with Crippen LogP contribution in [0.3, 0.4) is 0 Å². The van der Waals surface area contributed by atoms with Gasteiger partial charge in [-0.3, -0.25) is 0 Å². The molecule has 0 saturated heterocycles. The molecule has 0 N–H and O–H groups in total. The largest absolute Gasteiger partial charge is 0.513 e. The molecular formula is C21H18O5. The Morgan fingerprint density at radius 3 is 2.35 bits per heavy atom. The quantitative estimate of drug-likeness (QED) is 0.268. The number of ether oxygens (including phenoxy) is 3. The Kier molecular flexibility index (Phi) is 3.80. The van der Waals surface area contributed by atoms with Gasteiger partial charge in [0, 0.05) is 39.8 Å². The molecule has 2 unspecified atom stereocenters. The molecule has 0 aromatic heterocycles. The predicted octanol–water partition coefficient (Wildman–Crippen LogP) is 4.53. The standard InChI is InChI=1S/C21H18O5/c1-4-16(22)25-19-14-8-5-11(2)9-15(14)20(26-21(23)24-3)18-13-7-6-12(10-13)17(18)19/h4-9,12-13H,1,10H2,2-3H3. The van der Waals surface area contributed by atoms with E-state index in [9.17, 15) is 9.59 Å². The summed E-state index contributed by atoms with van der Waals surface area (Å²) in [6.07, 6.45) is 5.48. The van der Waals surface area contributed by atoms with E-state index in [2.05, 4.69) is 18.7 Å². The molecule has 0 aliphatic heterocycles. The zero-order chi connectivity index (χ0) is 18.4. The Morgan fingerprint density at radius 2 is 1.73 bits per heavy atom. The van der Waals surface area contributed by atoms with Crippen LogP contribution in [0.5, 0.6) is 11.5 Å². The third kappa shape index (κ3) is 2.39. The fourth-order valence-corrected chi connectivity index (χ4v) is 3.93. The molecule has 0 spiro atoms. The van der Waals surface area contributed by atoms with E-state index in [1.807, 2.05) is 25.1 Å². The summed E-state index contributed by atoms with van der Waals surface area (Å²) in [6.45, 7) is 5.44. The molecule has 2 atom stereocenters. The maximum absolute atomic E-state index is 11.9. The molecule has 26 heavy (non-hydrogen) atoms. The van der Waals surface area contributed by atoms with Crippen LogP contribution >= 0.6 is 0 Å². The molecule has 5 heteroatoms. The number of carbonyl (C=O) groups is 2. The first-order valence-electron chi connectivity index (χ1n) is 8.42. The fourth-order valence-electron chi connectivity index (χ4n) is 3.93. The van der Waals surface area contributed by atoms with E-state index in [1.54, 1.807) is 0 Å². The number of methoxy groups -OCH3 is 1. The van der Waals surface area contributed by atoms with Crippen molar-refractivity contribution in [3.63, 3.8) is 0 Å². The van der Waals surface area contributed by atoms with Crippen LogP contribution in [0.15, 0.2) is 43.0 Å². The molecule has 5 nitrogen and oxygen atoms in total. The lowest BCUT2D eigenvalue weighted by molar-refractivity contribution is -0.128. The van der Waals surface area contributed by atoms with Gasteiger partial charge in [-0.25, -0.2) is 9.59 Å². The highest BCUT2D eigenvalue weighted by Crippen LogP contribution is 2.58. The van der Waals surface area contributed by atoms with Gasteiger partial charge in [0.1, 0.15) is 11.5 Å². The number of fused-ring (bicyclic) bond motifs is 6. The second kappa shape index (κ2) is 6.02. The molecular weight excluding hydrogens is 332 g/mol. The van der Waals surface area contributed by atoms with E-state index in [1.165, 1.54) is 7.11 Å². The van der Waals surface area contributed by atoms with Gasteiger partial charge < -0.3 is 14.2 Å². The van der Waals surface area contributed by atoms with Gasteiger partial charge in [0.15, 0.2) is 0 Å². The average molecular weight is 350 g/mol. The summed E-state index contributed by atoms with van der Waals surface area (Å²) in [6, 6.07) is 5.75. The molecule has 0 radical (unpaired) electrons. The summed E-state index contributed by atoms with van der Waals surface area (Å²) >= 11 is 0. The summed E-state index contributed by atoms with van der Waals surface area (Å²) in [5.74, 6) is 0.756. The monoisotopic (exact) mass is 350 g/mol. The molecule has 2 bridgehead atoms. The lowest BCUT2D eigenvalue weighted by Gasteiger charge is -2.21. The molecule has 0 saturated carbocycles. The molecule has 0 fully saturated rings. The predicted molar refractivity (Wildman–Crippen MR) is 96.8 cm³/mol. The first-order valence-corrected chi connectivity index (χ1v) is 8.42. The van der Waals surface area contributed by atoms with Crippen LogP contribution in [0.1, 0.15) is 34.9 Å². The van der Waals surface area contributed by atoms with Crippen molar-refractivity contribution in [2.24, 2.45) is 0 Å². The van der Waals surface area contributed by atoms with Crippen LogP contribution in [0, 0.1) is 6.92 Å². The third-order valence-corrected chi connectivity index (χ3v) is 4.99. The third-order valence-electron chi connectivity index (χ3n) is 4.99. The van der Waals surface area contributed by atoms with Gasteiger partial charge in [-0.1, -0.05) is 36.4 Å². The van der Waals surface area contributed by atoms with Crippen molar-refractivity contribution in [2.75, 3.05) is 7.11 Å².